The van der Waals surface area contributed by atoms with Crippen molar-refractivity contribution in [1.82, 2.24) is 14.7 Å². The van der Waals surface area contributed by atoms with Gasteiger partial charge in [0.25, 0.3) is 5.91 Å². The quantitative estimate of drug-likeness (QED) is 0.577. The number of nitrogens with zero attached hydrogens (tertiary/aromatic N) is 3. The van der Waals surface area contributed by atoms with Crippen molar-refractivity contribution < 1.29 is 17.9 Å². The van der Waals surface area contributed by atoms with Crippen LogP contribution in [0.3, 0.4) is 0 Å². The molecule has 1 amide bonds. The van der Waals surface area contributed by atoms with Gasteiger partial charge in [0.15, 0.2) is 0 Å². The number of amides is 1. The summed E-state index contributed by atoms with van der Waals surface area (Å²) in [6, 6.07) is 8.27. The van der Waals surface area contributed by atoms with Crippen molar-refractivity contribution >= 4 is 22.1 Å². The first kappa shape index (κ1) is 19.5. The molecule has 0 fully saturated rings. The van der Waals surface area contributed by atoms with Crippen molar-refractivity contribution in [3.63, 3.8) is 0 Å². The maximum Gasteiger partial charge on any atom is 0.255 e. The lowest BCUT2D eigenvalue weighted by atomic mass is 10.2. The van der Waals surface area contributed by atoms with Gasteiger partial charge in [-0.2, -0.15) is 9.41 Å². The SMILES string of the molecule is COc1ccc(C)cc1S(=O)(=O)N(C)CC(=O)N/N=C\c1ccncc1. The average Bonchev–Trinajstić information content (AvgIpc) is 2.62. The molecule has 0 radical (unpaired) electrons. The number of rotatable bonds is 7. The van der Waals surface area contributed by atoms with E-state index in [0.717, 1.165) is 15.4 Å². The molecule has 8 nitrogen and oxygen atoms in total. The Balaban J connectivity index is 2.06. The number of hydrogen-bond acceptors (Lipinski definition) is 6. The van der Waals surface area contributed by atoms with E-state index in [4.69, 9.17) is 4.74 Å². The summed E-state index contributed by atoms with van der Waals surface area (Å²) in [6.07, 6.45) is 4.63. The number of pyridine rings is 1. The molecule has 1 aromatic carbocycles. The second kappa shape index (κ2) is 8.54. The minimum absolute atomic E-state index is 0.00980. The summed E-state index contributed by atoms with van der Waals surface area (Å²) < 4.78 is 31.5. The van der Waals surface area contributed by atoms with Gasteiger partial charge in [0, 0.05) is 19.4 Å². The lowest BCUT2D eigenvalue weighted by Gasteiger charge is -2.18. The van der Waals surface area contributed by atoms with Gasteiger partial charge in [0.05, 0.1) is 19.9 Å². The summed E-state index contributed by atoms with van der Waals surface area (Å²) in [5.74, 6) is -0.341. The molecule has 1 heterocycles. The summed E-state index contributed by atoms with van der Waals surface area (Å²) in [7, 11) is -1.17. The highest BCUT2D eigenvalue weighted by molar-refractivity contribution is 7.89. The van der Waals surface area contributed by atoms with Crippen LogP contribution in [0.1, 0.15) is 11.1 Å². The van der Waals surface area contributed by atoms with Crippen LogP contribution in [0.2, 0.25) is 0 Å². The number of benzene rings is 1. The predicted octanol–water partition coefficient (Wildman–Crippen LogP) is 1.17. The summed E-state index contributed by atoms with van der Waals surface area (Å²) in [4.78, 5) is 15.8. The van der Waals surface area contributed by atoms with Crippen LogP contribution >= 0.6 is 0 Å². The largest absolute Gasteiger partial charge is 0.495 e. The Morgan fingerprint density at radius 1 is 1.31 bits per heavy atom. The van der Waals surface area contributed by atoms with Crippen LogP contribution in [0.5, 0.6) is 5.75 Å². The molecule has 2 aromatic rings. The number of methoxy groups -OCH3 is 1. The first-order valence-electron chi connectivity index (χ1n) is 7.67. The summed E-state index contributed by atoms with van der Waals surface area (Å²) in [5, 5.41) is 3.80. The summed E-state index contributed by atoms with van der Waals surface area (Å²) in [5.41, 5.74) is 3.82. The lowest BCUT2D eigenvalue weighted by Crippen LogP contribution is -2.36. The number of carbonyl (C=O) groups excluding carboxylic acids is 1. The Bertz CT molecular complexity index is 898. The molecular formula is C17H20N4O4S. The van der Waals surface area contributed by atoms with E-state index in [1.54, 1.807) is 43.6 Å². The van der Waals surface area contributed by atoms with Gasteiger partial charge in [-0.15, -0.1) is 0 Å². The zero-order valence-corrected chi connectivity index (χ0v) is 15.5. The number of aryl methyl sites for hydroxylation is 1. The van der Waals surface area contributed by atoms with E-state index in [2.05, 4.69) is 15.5 Å². The van der Waals surface area contributed by atoms with E-state index in [9.17, 15) is 13.2 Å². The monoisotopic (exact) mass is 376 g/mol. The molecule has 2 rings (SSSR count). The van der Waals surface area contributed by atoms with Gasteiger partial charge in [0.2, 0.25) is 10.0 Å². The van der Waals surface area contributed by atoms with Gasteiger partial charge in [-0.05, 0) is 42.3 Å². The number of hydrogen-bond donors (Lipinski definition) is 1. The Kier molecular flexibility index (Phi) is 6.42. The number of sulfonamides is 1. The standard InChI is InChI=1S/C17H20N4O4S/c1-13-4-5-15(25-3)16(10-13)26(23,24)21(2)12-17(22)20-19-11-14-6-8-18-9-7-14/h4-11H,12H2,1-3H3,(H,20,22)/b19-11-. The van der Waals surface area contributed by atoms with Crippen LogP contribution in [-0.4, -0.2) is 50.5 Å². The molecule has 0 aliphatic rings. The van der Waals surface area contributed by atoms with E-state index in [-0.39, 0.29) is 17.2 Å². The van der Waals surface area contributed by atoms with Crippen molar-refractivity contribution in [1.29, 1.82) is 0 Å². The van der Waals surface area contributed by atoms with Gasteiger partial charge >= 0.3 is 0 Å². The smallest absolute Gasteiger partial charge is 0.255 e. The second-order valence-electron chi connectivity index (χ2n) is 5.49. The fourth-order valence-corrected chi connectivity index (χ4v) is 3.47. The van der Waals surface area contributed by atoms with Crippen LogP contribution in [-0.2, 0) is 14.8 Å². The molecule has 0 bridgehead atoms. The molecule has 1 N–H and O–H groups in total. The molecule has 138 valence electrons. The number of hydrazone groups is 1. The third kappa shape index (κ3) is 4.87. The summed E-state index contributed by atoms with van der Waals surface area (Å²) >= 11 is 0. The zero-order chi connectivity index (χ0) is 19.2. The van der Waals surface area contributed by atoms with Crippen molar-refractivity contribution in [3.05, 3.63) is 53.9 Å². The van der Waals surface area contributed by atoms with E-state index >= 15 is 0 Å². The Labute approximate surface area is 152 Å². The number of ether oxygens (including phenoxy) is 1. The highest BCUT2D eigenvalue weighted by Crippen LogP contribution is 2.26. The van der Waals surface area contributed by atoms with Crippen LogP contribution in [0.4, 0.5) is 0 Å². The molecule has 0 unspecified atom stereocenters. The molecule has 0 aliphatic carbocycles. The van der Waals surface area contributed by atoms with Crippen LogP contribution in [0, 0.1) is 6.92 Å². The van der Waals surface area contributed by atoms with Gasteiger partial charge in [-0.1, -0.05) is 6.07 Å². The third-order valence-electron chi connectivity index (χ3n) is 3.48. The second-order valence-corrected chi connectivity index (χ2v) is 7.50. The van der Waals surface area contributed by atoms with Crippen LogP contribution in [0.15, 0.2) is 52.7 Å². The minimum Gasteiger partial charge on any atom is -0.495 e. The maximum absolute atomic E-state index is 12.7. The van der Waals surface area contributed by atoms with E-state index < -0.39 is 15.9 Å². The third-order valence-corrected chi connectivity index (χ3v) is 5.31. The van der Waals surface area contributed by atoms with Crippen molar-refractivity contribution in [3.8, 4) is 5.75 Å². The van der Waals surface area contributed by atoms with E-state index in [0.29, 0.717) is 0 Å². The van der Waals surface area contributed by atoms with Gasteiger partial charge < -0.3 is 4.74 Å². The van der Waals surface area contributed by atoms with Gasteiger partial charge in [-0.25, -0.2) is 13.8 Å². The van der Waals surface area contributed by atoms with Gasteiger partial charge in [0.1, 0.15) is 10.6 Å². The molecule has 0 saturated carbocycles. The first-order chi connectivity index (χ1) is 12.3. The fraction of sp³-hybridized carbons (Fsp3) is 0.235. The molecule has 0 spiro atoms. The molecule has 0 atom stereocenters. The first-order valence-corrected chi connectivity index (χ1v) is 9.11. The minimum atomic E-state index is -3.89. The van der Waals surface area contributed by atoms with Crippen LogP contribution < -0.4 is 10.2 Å². The fourth-order valence-electron chi connectivity index (χ4n) is 2.10. The number of aromatic nitrogens is 1. The average molecular weight is 376 g/mol. The highest BCUT2D eigenvalue weighted by atomic mass is 32.2. The normalized spacial score (nSPS) is 11.7. The predicted molar refractivity (Wildman–Crippen MR) is 97.5 cm³/mol. The molecule has 1 aromatic heterocycles. The maximum atomic E-state index is 12.7. The summed E-state index contributed by atoms with van der Waals surface area (Å²) in [6.45, 7) is 1.39. The molecular weight excluding hydrogens is 356 g/mol. The molecule has 9 heteroatoms. The van der Waals surface area contributed by atoms with Crippen molar-refractivity contribution in [2.75, 3.05) is 20.7 Å². The zero-order valence-electron chi connectivity index (χ0n) is 14.7. The topological polar surface area (TPSA) is 101 Å². The Morgan fingerprint density at radius 3 is 2.65 bits per heavy atom. The molecule has 0 aliphatic heterocycles. The van der Waals surface area contributed by atoms with Gasteiger partial charge in [-0.3, -0.25) is 9.78 Å². The molecule has 0 saturated heterocycles. The van der Waals surface area contributed by atoms with E-state index in [1.165, 1.54) is 26.4 Å². The number of nitrogens with one attached hydrogen (secondary N) is 1. The highest BCUT2D eigenvalue weighted by Gasteiger charge is 2.26. The lowest BCUT2D eigenvalue weighted by molar-refractivity contribution is -0.121. The van der Waals surface area contributed by atoms with E-state index in [1.807, 2.05) is 0 Å². The Hall–Kier alpha value is -2.78. The van der Waals surface area contributed by atoms with Crippen LogP contribution in [0.25, 0.3) is 0 Å². The molecule has 26 heavy (non-hydrogen) atoms. The van der Waals surface area contributed by atoms with Crippen molar-refractivity contribution in [2.45, 2.75) is 11.8 Å². The number of likely N-dealkylation sites (N-methyl/N-ethyl adjacent to an activating group) is 1. The van der Waals surface area contributed by atoms with Crippen molar-refractivity contribution in [2.24, 2.45) is 5.10 Å². The Morgan fingerprint density at radius 2 is 2.00 bits per heavy atom. The number of carbonyl (C=O) groups is 1.